The zero-order chi connectivity index (χ0) is 24.6. The molecule has 0 unspecified atom stereocenters. The number of ether oxygens (including phenoxy) is 2. The van der Waals surface area contributed by atoms with Crippen LogP contribution >= 0.6 is 0 Å². The minimum atomic E-state index is -0.277. The van der Waals surface area contributed by atoms with E-state index in [1.807, 2.05) is 36.9 Å². The molecule has 1 atom stereocenters. The molecule has 1 saturated heterocycles. The van der Waals surface area contributed by atoms with E-state index in [1.54, 1.807) is 24.5 Å². The zero-order valence-corrected chi connectivity index (χ0v) is 20.2. The molecule has 35 heavy (non-hydrogen) atoms. The monoisotopic (exact) mass is 478 g/mol. The van der Waals surface area contributed by atoms with Crippen molar-refractivity contribution in [2.24, 2.45) is 5.92 Å². The van der Waals surface area contributed by atoms with Gasteiger partial charge >= 0.3 is 0 Å². The number of amides is 1. The van der Waals surface area contributed by atoms with Gasteiger partial charge in [-0.15, -0.1) is 0 Å². The summed E-state index contributed by atoms with van der Waals surface area (Å²) in [5.41, 5.74) is 2.63. The SMILES string of the molecule is CCOc1ccc(CNC(=O)[C@H]2CCCN(c3ncc(-c4ccc(F)cc4)cn3)C2)cc1OCC. The van der Waals surface area contributed by atoms with Gasteiger partial charge in [-0.2, -0.15) is 0 Å². The largest absolute Gasteiger partial charge is 0.490 e. The molecule has 0 spiro atoms. The minimum absolute atomic E-state index is 0.0180. The smallest absolute Gasteiger partial charge is 0.225 e. The number of carbonyl (C=O) groups excluding carboxylic acids is 1. The first-order valence-electron chi connectivity index (χ1n) is 12.1. The fourth-order valence-electron chi connectivity index (χ4n) is 4.19. The topological polar surface area (TPSA) is 76.6 Å². The normalized spacial score (nSPS) is 15.5. The highest BCUT2D eigenvalue weighted by atomic mass is 19.1. The summed E-state index contributed by atoms with van der Waals surface area (Å²) in [5, 5.41) is 3.06. The zero-order valence-electron chi connectivity index (χ0n) is 20.2. The summed E-state index contributed by atoms with van der Waals surface area (Å²) in [6.45, 7) is 6.76. The van der Waals surface area contributed by atoms with Gasteiger partial charge in [-0.1, -0.05) is 18.2 Å². The number of nitrogens with zero attached hydrogens (tertiary/aromatic N) is 3. The number of carbonyl (C=O) groups is 1. The molecule has 1 aromatic heterocycles. The number of piperidine rings is 1. The van der Waals surface area contributed by atoms with Crippen molar-refractivity contribution < 1.29 is 18.7 Å². The highest BCUT2D eigenvalue weighted by Gasteiger charge is 2.27. The van der Waals surface area contributed by atoms with E-state index in [0.29, 0.717) is 43.8 Å². The van der Waals surface area contributed by atoms with Crippen molar-refractivity contribution in [3.8, 4) is 22.6 Å². The van der Waals surface area contributed by atoms with Crippen molar-refractivity contribution in [3.05, 3.63) is 66.2 Å². The van der Waals surface area contributed by atoms with Gasteiger partial charge in [-0.3, -0.25) is 4.79 Å². The second-order valence-electron chi connectivity index (χ2n) is 8.43. The Morgan fingerprint density at radius 2 is 1.74 bits per heavy atom. The maximum absolute atomic E-state index is 13.2. The lowest BCUT2D eigenvalue weighted by molar-refractivity contribution is -0.125. The van der Waals surface area contributed by atoms with Crippen LogP contribution in [0.2, 0.25) is 0 Å². The van der Waals surface area contributed by atoms with Gasteiger partial charge in [0.25, 0.3) is 0 Å². The van der Waals surface area contributed by atoms with Crippen molar-refractivity contribution >= 4 is 11.9 Å². The van der Waals surface area contributed by atoms with E-state index in [-0.39, 0.29) is 17.6 Å². The second kappa shape index (κ2) is 11.6. The van der Waals surface area contributed by atoms with E-state index in [9.17, 15) is 9.18 Å². The molecule has 3 aromatic rings. The maximum atomic E-state index is 13.2. The number of benzene rings is 2. The molecule has 8 heteroatoms. The second-order valence-corrected chi connectivity index (χ2v) is 8.43. The molecule has 1 aliphatic rings. The Morgan fingerprint density at radius 3 is 2.46 bits per heavy atom. The van der Waals surface area contributed by atoms with Crippen LogP contribution in [-0.2, 0) is 11.3 Å². The lowest BCUT2D eigenvalue weighted by atomic mass is 9.97. The van der Waals surface area contributed by atoms with Gasteiger partial charge in [0.15, 0.2) is 11.5 Å². The third-order valence-corrected chi connectivity index (χ3v) is 5.97. The molecule has 4 rings (SSSR count). The molecular weight excluding hydrogens is 447 g/mol. The molecule has 184 valence electrons. The lowest BCUT2D eigenvalue weighted by Gasteiger charge is -2.32. The van der Waals surface area contributed by atoms with Gasteiger partial charge in [0, 0.05) is 37.6 Å². The van der Waals surface area contributed by atoms with Gasteiger partial charge in [0.2, 0.25) is 11.9 Å². The Balaban J connectivity index is 1.35. The third kappa shape index (κ3) is 6.26. The first kappa shape index (κ1) is 24.4. The van der Waals surface area contributed by atoms with Crippen LogP contribution in [0.5, 0.6) is 11.5 Å². The standard InChI is InChI=1S/C27H31FN4O3/c1-3-34-24-12-7-19(14-25(24)35-4-2)15-29-26(33)21-6-5-13-32(18-21)27-30-16-22(17-31-27)20-8-10-23(28)11-9-20/h7-12,14,16-17,21H,3-6,13,15,18H2,1-2H3,(H,29,33)/t21-/m0/s1. The van der Waals surface area contributed by atoms with Crippen LogP contribution in [0.1, 0.15) is 32.3 Å². The van der Waals surface area contributed by atoms with Gasteiger partial charge in [0.05, 0.1) is 19.1 Å². The van der Waals surface area contributed by atoms with Crippen molar-refractivity contribution in [3.63, 3.8) is 0 Å². The predicted molar refractivity (Wildman–Crippen MR) is 133 cm³/mol. The Kier molecular flexibility index (Phi) is 8.13. The molecule has 0 radical (unpaired) electrons. The fraction of sp³-hybridized carbons (Fsp3) is 0.370. The number of nitrogens with one attached hydrogen (secondary N) is 1. The molecule has 1 N–H and O–H groups in total. The van der Waals surface area contributed by atoms with Gasteiger partial charge < -0.3 is 19.7 Å². The summed E-state index contributed by atoms with van der Waals surface area (Å²) < 4.78 is 24.5. The lowest BCUT2D eigenvalue weighted by Crippen LogP contribution is -2.43. The summed E-state index contributed by atoms with van der Waals surface area (Å²) in [7, 11) is 0. The van der Waals surface area contributed by atoms with E-state index < -0.39 is 0 Å². The Hall–Kier alpha value is -3.68. The molecule has 0 saturated carbocycles. The number of aromatic nitrogens is 2. The number of halogens is 1. The summed E-state index contributed by atoms with van der Waals surface area (Å²) in [6, 6.07) is 12.0. The first-order valence-corrected chi connectivity index (χ1v) is 12.1. The summed E-state index contributed by atoms with van der Waals surface area (Å²) in [5.74, 6) is 1.59. The summed E-state index contributed by atoms with van der Waals surface area (Å²) in [4.78, 5) is 24.0. The summed E-state index contributed by atoms with van der Waals surface area (Å²) in [6.07, 6.45) is 5.18. The van der Waals surface area contributed by atoms with Crippen LogP contribution in [0.4, 0.5) is 10.3 Å². The Morgan fingerprint density at radius 1 is 1.03 bits per heavy atom. The van der Waals surface area contributed by atoms with E-state index in [2.05, 4.69) is 15.3 Å². The van der Waals surface area contributed by atoms with Crippen LogP contribution in [0.15, 0.2) is 54.9 Å². The predicted octanol–water partition coefficient (Wildman–Crippen LogP) is 4.61. The number of hydrogen-bond acceptors (Lipinski definition) is 6. The average molecular weight is 479 g/mol. The number of hydrogen-bond donors (Lipinski definition) is 1. The van der Waals surface area contributed by atoms with Crippen molar-refractivity contribution in [1.82, 2.24) is 15.3 Å². The van der Waals surface area contributed by atoms with E-state index >= 15 is 0 Å². The van der Waals surface area contributed by atoms with Gasteiger partial charge in [0.1, 0.15) is 5.82 Å². The Bertz CT molecular complexity index is 1120. The fourth-order valence-corrected chi connectivity index (χ4v) is 4.19. The molecular formula is C27H31FN4O3. The molecule has 0 bridgehead atoms. The highest BCUT2D eigenvalue weighted by Crippen LogP contribution is 2.29. The number of rotatable bonds is 9. The van der Waals surface area contributed by atoms with Gasteiger partial charge in [-0.25, -0.2) is 14.4 Å². The molecule has 2 aromatic carbocycles. The van der Waals surface area contributed by atoms with Crippen LogP contribution in [0.3, 0.4) is 0 Å². The van der Waals surface area contributed by atoms with Crippen LogP contribution in [-0.4, -0.2) is 42.2 Å². The van der Waals surface area contributed by atoms with E-state index in [1.165, 1.54) is 12.1 Å². The van der Waals surface area contributed by atoms with Crippen molar-refractivity contribution in [2.45, 2.75) is 33.2 Å². The molecule has 0 aliphatic carbocycles. The quantitative estimate of drug-likeness (QED) is 0.484. The van der Waals surface area contributed by atoms with E-state index in [4.69, 9.17) is 9.47 Å². The first-order chi connectivity index (χ1) is 17.1. The molecule has 7 nitrogen and oxygen atoms in total. The maximum Gasteiger partial charge on any atom is 0.225 e. The molecule has 2 heterocycles. The van der Waals surface area contributed by atoms with Crippen LogP contribution in [0, 0.1) is 11.7 Å². The number of anilines is 1. The van der Waals surface area contributed by atoms with Gasteiger partial charge in [-0.05, 0) is 62.1 Å². The summed E-state index contributed by atoms with van der Waals surface area (Å²) >= 11 is 0. The van der Waals surface area contributed by atoms with Crippen molar-refractivity contribution in [2.75, 3.05) is 31.2 Å². The minimum Gasteiger partial charge on any atom is -0.490 e. The van der Waals surface area contributed by atoms with Crippen LogP contribution < -0.4 is 19.7 Å². The average Bonchev–Trinajstić information content (AvgIpc) is 2.89. The molecule has 1 aliphatic heterocycles. The van der Waals surface area contributed by atoms with E-state index in [0.717, 1.165) is 36.1 Å². The molecule has 1 amide bonds. The van der Waals surface area contributed by atoms with Crippen molar-refractivity contribution in [1.29, 1.82) is 0 Å². The third-order valence-electron chi connectivity index (χ3n) is 5.97. The molecule has 1 fully saturated rings. The van der Waals surface area contributed by atoms with Crippen LogP contribution in [0.25, 0.3) is 11.1 Å². The highest BCUT2D eigenvalue weighted by molar-refractivity contribution is 5.79. The Labute approximate surface area is 205 Å².